The average Bonchev–Trinajstić information content (AvgIpc) is 3.08. The summed E-state index contributed by atoms with van der Waals surface area (Å²) in [6.45, 7) is 0.722. The Kier molecular flexibility index (Phi) is 4.62. The van der Waals surface area contributed by atoms with Gasteiger partial charge in [-0.25, -0.2) is 12.8 Å². The Hall–Kier alpha value is -1.90. The van der Waals surface area contributed by atoms with E-state index < -0.39 is 15.8 Å². The van der Waals surface area contributed by atoms with Gasteiger partial charge in [0.15, 0.2) is 5.76 Å². The van der Waals surface area contributed by atoms with Gasteiger partial charge in [0.2, 0.25) is 10.0 Å². The van der Waals surface area contributed by atoms with E-state index in [0.717, 1.165) is 18.2 Å². The predicted molar refractivity (Wildman–Crippen MR) is 84.8 cm³/mol. The standard InChI is InChI=1S/C15H14ClFN2O4S/c16-12-10-11(17)3-4-14(12)24(21,22)19-7-5-18(6-8-19)15(20)13-2-1-9-23-13/h1-4,9-10H,5-8H2. The van der Waals surface area contributed by atoms with Crippen LogP contribution in [0, 0.1) is 5.82 Å². The van der Waals surface area contributed by atoms with E-state index in [1.165, 1.54) is 15.5 Å². The number of hydrogen-bond acceptors (Lipinski definition) is 4. The lowest BCUT2D eigenvalue weighted by Crippen LogP contribution is -2.50. The molecule has 1 aromatic carbocycles. The summed E-state index contributed by atoms with van der Waals surface area (Å²) in [4.78, 5) is 13.6. The molecule has 1 saturated heterocycles. The van der Waals surface area contributed by atoms with Crippen LogP contribution >= 0.6 is 11.6 Å². The largest absolute Gasteiger partial charge is 0.459 e. The minimum atomic E-state index is -3.84. The van der Waals surface area contributed by atoms with Crippen LogP contribution in [0.5, 0.6) is 0 Å². The van der Waals surface area contributed by atoms with E-state index in [0.29, 0.717) is 0 Å². The van der Waals surface area contributed by atoms with E-state index in [1.54, 1.807) is 12.1 Å². The molecule has 0 aliphatic carbocycles. The van der Waals surface area contributed by atoms with Crippen molar-refractivity contribution < 1.29 is 22.0 Å². The van der Waals surface area contributed by atoms with Crippen LogP contribution < -0.4 is 0 Å². The fourth-order valence-corrected chi connectivity index (χ4v) is 4.44. The predicted octanol–water partition coefficient (Wildman–Crippen LogP) is 2.22. The fourth-order valence-electron chi connectivity index (χ4n) is 2.51. The number of hydrogen-bond donors (Lipinski definition) is 0. The minimum absolute atomic E-state index is 0.127. The van der Waals surface area contributed by atoms with E-state index in [4.69, 9.17) is 16.0 Å². The summed E-state index contributed by atoms with van der Waals surface area (Å²) >= 11 is 5.86. The molecule has 0 unspecified atom stereocenters. The SMILES string of the molecule is O=C(c1ccco1)N1CCN(S(=O)(=O)c2ccc(F)cc2Cl)CC1. The summed E-state index contributed by atoms with van der Waals surface area (Å²) in [5.41, 5.74) is 0. The summed E-state index contributed by atoms with van der Waals surface area (Å²) in [5, 5.41) is -0.163. The lowest BCUT2D eigenvalue weighted by Gasteiger charge is -2.33. The first-order valence-corrected chi connectivity index (χ1v) is 8.99. The first-order valence-electron chi connectivity index (χ1n) is 7.17. The van der Waals surface area contributed by atoms with E-state index in [-0.39, 0.29) is 47.8 Å². The number of rotatable bonds is 3. The minimum Gasteiger partial charge on any atom is -0.459 e. The molecule has 0 bridgehead atoms. The summed E-state index contributed by atoms with van der Waals surface area (Å²) in [6.07, 6.45) is 1.41. The smallest absolute Gasteiger partial charge is 0.289 e. The molecule has 128 valence electrons. The lowest BCUT2D eigenvalue weighted by molar-refractivity contribution is 0.0666. The third-order valence-corrected chi connectivity index (χ3v) is 6.15. The Bertz CT molecular complexity index is 846. The Morgan fingerprint density at radius 2 is 1.88 bits per heavy atom. The van der Waals surface area contributed by atoms with Crippen molar-refractivity contribution >= 4 is 27.5 Å². The third kappa shape index (κ3) is 3.17. The van der Waals surface area contributed by atoms with Crippen LogP contribution in [-0.4, -0.2) is 49.7 Å². The molecule has 0 atom stereocenters. The monoisotopic (exact) mass is 372 g/mol. The second-order valence-corrected chi connectivity index (χ2v) is 7.56. The Morgan fingerprint density at radius 3 is 2.46 bits per heavy atom. The highest BCUT2D eigenvalue weighted by Crippen LogP contribution is 2.26. The van der Waals surface area contributed by atoms with Gasteiger partial charge in [0.1, 0.15) is 10.7 Å². The van der Waals surface area contributed by atoms with Crippen LogP contribution in [0.15, 0.2) is 45.9 Å². The molecule has 1 fully saturated rings. The van der Waals surface area contributed by atoms with E-state index in [9.17, 15) is 17.6 Å². The van der Waals surface area contributed by atoms with Crippen LogP contribution in [0.4, 0.5) is 4.39 Å². The molecule has 0 saturated carbocycles. The Balaban J connectivity index is 1.73. The summed E-state index contributed by atoms with van der Waals surface area (Å²) in [6, 6.07) is 6.34. The van der Waals surface area contributed by atoms with Gasteiger partial charge in [-0.2, -0.15) is 4.31 Å². The third-order valence-electron chi connectivity index (χ3n) is 3.77. The van der Waals surface area contributed by atoms with Crippen LogP contribution in [0.3, 0.4) is 0 Å². The van der Waals surface area contributed by atoms with Gasteiger partial charge >= 0.3 is 0 Å². The van der Waals surface area contributed by atoms with Gasteiger partial charge in [-0.15, -0.1) is 0 Å². The van der Waals surface area contributed by atoms with Gasteiger partial charge in [0.05, 0.1) is 11.3 Å². The number of furan rings is 1. The number of nitrogens with zero attached hydrogens (tertiary/aromatic N) is 2. The molecule has 0 radical (unpaired) electrons. The molecular weight excluding hydrogens is 359 g/mol. The molecule has 1 aromatic heterocycles. The molecule has 24 heavy (non-hydrogen) atoms. The van der Waals surface area contributed by atoms with Crippen LogP contribution in [0.2, 0.25) is 5.02 Å². The maximum absolute atomic E-state index is 13.1. The van der Waals surface area contributed by atoms with Gasteiger partial charge in [-0.05, 0) is 30.3 Å². The first-order chi connectivity index (χ1) is 11.4. The number of carbonyl (C=O) groups excluding carboxylic acids is 1. The van der Waals surface area contributed by atoms with E-state index >= 15 is 0 Å². The van der Waals surface area contributed by atoms with E-state index in [2.05, 4.69) is 0 Å². The molecule has 1 amide bonds. The van der Waals surface area contributed by atoms with E-state index in [1.807, 2.05) is 0 Å². The number of piperazine rings is 1. The molecule has 2 aromatic rings. The van der Waals surface area contributed by atoms with Crippen molar-refractivity contribution in [3.8, 4) is 0 Å². The summed E-state index contributed by atoms with van der Waals surface area (Å²) in [5.74, 6) is -0.669. The van der Waals surface area contributed by atoms with Crippen molar-refractivity contribution in [1.82, 2.24) is 9.21 Å². The van der Waals surface area contributed by atoms with Crippen LogP contribution in [0.25, 0.3) is 0 Å². The van der Waals surface area contributed by atoms with Crippen LogP contribution in [-0.2, 0) is 10.0 Å². The molecule has 0 N–H and O–H groups in total. The second-order valence-electron chi connectivity index (χ2n) is 5.25. The summed E-state index contributed by atoms with van der Waals surface area (Å²) < 4.78 is 44.6. The molecule has 3 rings (SSSR count). The van der Waals surface area contributed by atoms with Crippen molar-refractivity contribution in [1.29, 1.82) is 0 Å². The zero-order valence-electron chi connectivity index (χ0n) is 12.5. The van der Waals surface area contributed by atoms with Gasteiger partial charge < -0.3 is 9.32 Å². The number of sulfonamides is 1. The van der Waals surface area contributed by atoms with Crippen molar-refractivity contribution in [2.45, 2.75) is 4.90 Å². The van der Waals surface area contributed by atoms with Crippen LogP contribution in [0.1, 0.15) is 10.6 Å². The lowest BCUT2D eigenvalue weighted by atomic mass is 10.3. The van der Waals surface area contributed by atoms with Crippen molar-refractivity contribution in [3.63, 3.8) is 0 Å². The highest BCUT2D eigenvalue weighted by Gasteiger charge is 2.32. The molecular formula is C15H14ClFN2O4S. The molecule has 6 nitrogen and oxygen atoms in total. The second kappa shape index (κ2) is 6.54. The maximum atomic E-state index is 13.1. The van der Waals surface area contributed by atoms with Crippen molar-refractivity contribution in [3.05, 3.63) is 53.2 Å². The van der Waals surface area contributed by atoms with Crippen molar-refractivity contribution in [2.75, 3.05) is 26.2 Å². The van der Waals surface area contributed by atoms with Gasteiger partial charge in [-0.3, -0.25) is 4.79 Å². The number of carbonyl (C=O) groups is 1. The highest BCUT2D eigenvalue weighted by molar-refractivity contribution is 7.89. The molecule has 0 spiro atoms. The number of halogens is 2. The fraction of sp³-hybridized carbons (Fsp3) is 0.267. The highest BCUT2D eigenvalue weighted by atomic mass is 35.5. The normalized spacial score (nSPS) is 16.3. The molecule has 1 aliphatic rings. The number of benzene rings is 1. The zero-order chi connectivity index (χ0) is 17.3. The quantitative estimate of drug-likeness (QED) is 0.828. The average molecular weight is 373 g/mol. The topological polar surface area (TPSA) is 70.8 Å². The Morgan fingerprint density at radius 1 is 1.17 bits per heavy atom. The number of amides is 1. The molecule has 1 aliphatic heterocycles. The molecule has 2 heterocycles. The zero-order valence-corrected chi connectivity index (χ0v) is 14.1. The van der Waals surface area contributed by atoms with Gasteiger partial charge in [0, 0.05) is 26.2 Å². The maximum Gasteiger partial charge on any atom is 0.289 e. The van der Waals surface area contributed by atoms with Crippen molar-refractivity contribution in [2.24, 2.45) is 0 Å². The summed E-state index contributed by atoms with van der Waals surface area (Å²) in [7, 11) is -3.84. The first kappa shape index (κ1) is 16.9. The Labute approximate surface area is 143 Å². The van der Waals surface area contributed by atoms with Gasteiger partial charge in [0.25, 0.3) is 5.91 Å². The van der Waals surface area contributed by atoms with Gasteiger partial charge in [-0.1, -0.05) is 11.6 Å². The molecule has 9 heteroatoms.